The van der Waals surface area contributed by atoms with Crippen LogP contribution in [0.25, 0.3) is 0 Å². The van der Waals surface area contributed by atoms with Gasteiger partial charge in [-0.25, -0.2) is 0 Å². The van der Waals surface area contributed by atoms with E-state index in [1.165, 1.54) is 0 Å². The van der Waals surface area contributed by atoms with Crippen LogP contribution in [-0.4, -0.2) is 13.7 Å². The molecule has 3 heteroatoms. The monoisotopic (exact) mass is 285 g/mol. The van der Waals surface area contributed by atoms with Gasteiger partial charge in [-0.1, -0.05) is 20.8 Å². The summed E-state index contributed by atoms with van der Waals surface area (Å²) in [5.74, 6) is 0.876. The van der Waals surface area contributed by atoms with Crippen LogP contribution < -0.4 is 10.1 Å². The summed E-state index contributed by atoms with van der Waals surface area (Å²) in [6.45, 7) is 7.70. The second-order valence-electron chi connectivity index (χ2n) is 5.08. The third-order valence-electron chi connectivity index (χ3n) is 2.36. The molecule has 2 nitrogen and oxygen atoms in total. The van der Waals surface area contributed by atoms with Gasteiger partial charge < -0.3 is 10.1 Å². The fraction of sp³-hybridized carbons (Fsp3) is 0.538. The summed E-state index contributed by atoms with van der Waals surface area (Å²) in [6, 6.07) is 5.95. The molecule has 0 aliphatic rings. The van der Waals surface area contributed by atoms with Gasteiger partial charge in [0.15, 0.2) is 0 Å². The van der Waals surface area contributed by atoms with Crippen LogP contribution in [0.15, 0.2) is 22.7 Å². The summed E-state index contributed by atoms with van der Waals surface area (Å²) in [5, 5.41) is 3.42. The van der Waals surface area contributed by atoms with Crippen molar-refractivity contribution in [2.45, 2.75) is 27.2 Å². The molecule has 1 aromatic rings. The normalized spacial score (nSPS) is 11.3. The standard InChI is InChI=1S/C13H20BrNO/c1-13(2,3)7-8-15-12-9-10(16-4)5-6-11(12)14/h5-6,9,15H,7-8H2,1-4H3. The van der Waals surface area contributed by atoms with Crippen LogP contribution in [0.5, 0.6) is 5.75 Å². The zero-order valence-corrected chi connectivity index (χ0v) is 12.0. The summed E-state index contributed by atoms with van der Waals surface area (Å²) in [7, 11) is 1.68. The van der Waals surface area contributed by atoms with Crippen LogP contribution in [0.3, 0.4) is 0 Å². The maximum absolute atomic E-state index is 5.20. The molecule has 0 aliphatic heterocycles. The van der Waals surface area contributed by atoms with Gasteiger partial charge in [-0.3, -0.25) is 0 Å². The second kappa shape index (κ2) is 5.58. The first-order valence-corrected chi connectivity index (χ1v) is 6.29. The van der Waals surface area contributed by atoms with Crippen LogP contribution in [0.4, 0.5) is 5.69 Å². The molecular formula is C13H20BrNO. The summed E-state index contributed by atoms with van der Waals surface area (Å²) in [6.07, 6.45) is 1.14. The third kappa shape index (κ3) is 4.44. The quantitative estimate of drug-likeness (QED) is 0.890. The number of anilines is 1. The molecule has 1 N–H and O–H groups in total. The number of nitrogens with one attached hydrogen (secondary N) is 1. The van der Waals surface area contributed by atoms with Crippen molar-refractivity contribution in [3.05, 3.63) is 22.7 Å². The van der Waals surface area contributed by atoms with Gasteiger partial charge in [-0.05, 0) is 39.9 Å². The van der Waals surface area contributed by atoms with E-state index >= 15 is 0 Å². The Morgan fingerprint density at radius 2 is 2.00 bits per heavy atom. The minimum atomic E-state index is 0.359. The highest BCUT2D eigenvalue weighted by Crippen LogP contribution is 2.27. The predicted octanol–water partition coefficient (Wildman–Crippen LogP) is 4.31. The summed E-state index contributed by atoms with van der Waals surface area (Å²) >= 11 is 3.52. The first kappa shape index (κ1) is 13.4. The minimum Gasteiger partial charge on any atom is -0.497 e. The van der Waals surface area contributed by atoms with E-state index in [1.807, 2.05) is 18.2 Å². The van der Waals surface area contributed by atoms with Gasteiger partial charge in [0.25, 0.3) is 0 Å². The minimum absolute atomic E-state index is 0.359. The maximum atomic E-state index is 5.20. The van der Waals surface area contributed by atoms with Gasteiger partial charge in [-0.15, -0.1) is 0 Å². The Hall–Kier alpha value is -0.700. The lowest BCUT2D eigenvalue weighted by Gasteiger charge is -2.19. The smallest absolute Gasteiger partial charge is 0.121 e. The van der Waals surface area contributed by atoms with Crippen molar-refractivity contribution >= 4 is 21.6 Å². The number of halogens is 1. The molecule has 0 amide bonds. The van der Waals surface area contributed by atoms with Gasteiger partial charge in [0, 0.05) is 17.1 Å². The Morgan fingerprint density at radius 3 is 2.56 bits per heavy atom. The van der Waals surface area contributed by atoms with E-state index in [9.17, 15) is 0 Å². The van der Waals surface area contributed by atoms with Crippen molar-refractivity contribution in [1.29, 1.82) is 0 Å². The highest BCUT2D eigenvalue weighted by atomic mass is 79.9. The lowest BCUT2D eigenvalue weighted by atomic mass is 9.92. The third-order valence-corrected chi connectivity index (χ3v) is 3.06. The van der Waals surface area contributed by atoms with Crippen molar-refractivity contribution in [2.75, 3.05) is 19.0 Å². The van der Waals surface area contributed by atoms with Crippen LogP contribution in [0.2, 0.25) is 0 Å². The number of hydrogen-bond acceptors (Lipinski definition) is 2. The lowest BCUT2D eigenvalue weighted by Crippen LogP contribution is -2.13. The molecule has 0 fully saturated rings. The SMILES string of the molecule is COc1ccc(Br)c(NCCC(C)(C)C)c1. The Kier molecular flexibility index (Phi) is 4.66. The van der Waals surface area contributed by atoms with Gasteiger partial charge in [0.2, 0.25) is 0 Å². The number of ether oxygens (including phenoxy) is 1. The zero-order valence-electron chi connectivity index (χ0n) is 10.4. The molecule has 0 radical (unpaired) electrons. The summed E-state index contributed by atoms with van der Waals surface area (Å²) in [5.41, 5.74) is 1.45. The number of rotatable bonds is 4. The highest BCUT2D eigenvalue weighted by Gasteiger charge is 2.09. The van der Waals surface area contributed by atoms with Gasteiger partial charge in [0.05, 0.1) is 12.8 Å². The average Bonchev–Trinajstić information content (AvgIpc) is 2.19. The van der Waals surface area contributed by atoms with E-state index in [0.29, 0.717) is 5.41 Å². The van der Waals surface area contributed by atoms with E-state index in [2.05, 4.69) is 42.0 Å². The highest BCUT2D eigenvalue weighted by molar-refractivity contribution is 9.10. The molecule has 16 heavy (non-hydrogen) atoms. The molecule has 0 aliphatic carbocycles. The van der Waals surface area contributed by atoms with Crippen molar-refractivity contribution in [2.24, 2.45) is 5.41 Å². The fourth-order valence-corrected chi connectivity index (χ4v) is 1.73. The molecule has 90 valence electrons. The molecule has 1 rings (SSSR count). The topological polar surface area (TPSA) is 21.3 Å². The van der Waals surface area contributed by atoms with Crippen LogP contribution >= 0.6 is 15.9 Å². The Balaban J connectivity index is 2.59. The van der Waals surface area contributed by atoms with Gasteiger partial charge >= 0.3 is 0 Å². The van der Waals surface area contributed by atoms with Crippen LogP contribution in [0.1, 0.15) is 27.2 Å². The van der Waals surface area contributed by atoms with E-state index in [0.717, 1.165) is 28.9 Å². The molecule has 1 aromatic carbocycles. The van der Waals surface area contributed by atoms with Crippen LogP contribution in [-0.2, 0) is 0 Å². The average molecular weight is 286 g/mol. The Morgan fingerprint density at radius 1 is 1.31 bits per heavy atom. The number of hydrogen-bond donors (Lipinski definition) is 1. The Bertz CT molecular complexity index is 344. The van der Waals surface area contributed by atoms with E-state index < -0.39 is 0 Å². The van der Waals surface area contributed by atoms with Crippen molar-refractivity contribution in [3.63, 3.8) is 0 Å². The molecular weight excluding hydrogens is 266 g/mol. The molecule has 0 aromatic heterocycles. The second-order valence-corrected chi connectivity index (χ2v) is 5.94. The lowest BCUT2D eigenvalue weighted by molar-refractivity contribution is 0.389. The molecule has 0 bridgehead atoms. The number of benzene rings is 1. The maximum Gasteiger partial charge on any atom is 0.121 e. The molecule has 0 spiro atoms. The summed E-state index contributed by atoms with van der Waals surface area (Å²) in [4.78, 5) is 0. The zero-order chi connectivity index (χ0) is 12.2. The van der Waals surface area contributed by atoms with Gasteiger partial charge in [0.1, 0.15) is 5.75 Å². The van der Waals surface area contributed by atoms with Crippen LogP contribution in [0, 0.1) is 5.41 Å². The van der Waals surface area contributed by atoms with Crippen molar-refractivity contribution < 1.29 is 4.74 Å². The van der Waals surface area contributed by atoms with Gasteiger partial charge in [-0.2, -0.15) is 0 Å². The first-order valence-electron chi connectivity index (χ1n) is 5.50. The molecule has 0 atom stereocenters. The number of methoxy groups -OCH3 is 1. The summed E-state index contributed by atoms with van der Waals surface area (Å²) < 4.78 is 6.27. The molecule has 0 saturated carbocycles. The van der Waals surface area contributed by atoms with Crippen molar-refractivity contribution in [3.8, 4) is 5.75 Å². The fourth-order valence-electron chi connectivity index (χ4n) is 1.34. The first-order chi connectivity index (χ1) is 7.42. The molecule has 0 unspecified atom stereocenters. The van der Waals surface area contributed by atoms with E-state index in [4.69, 9.17) is 4.74 Å². The van der Waals surface area contributed by atoms with E-state index in [-0.39, 0.29) is 0 Å². The van der Waals surface area contributed by atoms with E-state index in [1.54, 1.807) is 7.11 Å². The predicted molar refractivity (Wildman–Crippen MR) is 73.3 cm³/mol. The van der Waals surface area contributed by atoms with Crippen molar-refractivity contribution in [1.82, 2.24) is 0 Å². The Labute approximate surface area is 107 Å². The largest absolute Gasteiger partial charge is 0.497 e. The molecule has 0 heterocycles. The molecule has 0 saturated heterocycles.